The number of aromatic nitrogens is 2. The molecular formula is C13H17FN2O7. The average molecular weight is 332 g/mol. The Morgan fingerprint density at radius 3 is 2.74 bits per heavy atom. The summed E-state index contributed by atoms with van der Waals surface area (Å²) in [7, 11) is 0. The molecule has 0 bridgehead atoms. The second-order valence-corrected chi connectivity index (χ2v) is 5.51. The zero-order valence-electron chi connectivity index (χ0n) is 12.4. The van der Waals surface area contributed by atoms with Gasteiger partial charge < -0.3 is 19.7 Å². The number of aliphatic hydroxyl groups is 2. The minimum Gasteiger partial charge on any atom is -0.459 e. The van der Waals surface area contributed by atoms with Crippen LogP contribution in [0.15, 0.2) is 21.9 Å². The summed E-state index contributed by atoms with van der Waals surface area (Å²) in [6.07, 6.45) is -4.45. The number of esters is 1. The van der Waals surface area contributed by atoms with Crippen LogP contribution in [-0.4, -0.2) is 50.4 Å². The number of halogens is 1. The molecule has 0 radical (unpaired) electrons. The first-order chi connectivity index (χ1) is 10.7. The van der Waals surface area contributed by atoms with Crippen molar-refractivity contribution in [3.63, 3.8) is 0 Å². The zero-order valence-corrected chi connectivity index (χ0v) is 12.4. The summed E-state index contributed by atoms with van der Waals surface area (Å²) in [6, 6.07) is 0.973. The van der Waals surface area contributed by atoms with E-state index in [1.165, 1.54) is 13.8 Å². The van der Waals surface area contributed by atoms with Crippen LogP contribution in [-0.2, 0) is 14.3 Å². The molecule has 1 fully saturated rings. The fraction of sp³-hybridized carbons (Fsp3) is 0.615. The second-order valence-electron chi connectivity index (χ2n) is 5.51. The molecule has 0 amide bonds. The predicted octanol–water partition coefficient (Wildman–Crippen LogP) is -1.35. The molecule has 23 heavy (non-hydrogen) atoms. The molecule has 2 unspecified atom stereocenters. The molecule has 1 aromatic heterocycles. The third kappa shape index (κ3) is 3.33. The highest BCUT2D eigenvalue weighted by atomic mass is 19.2. The molecule has 9 nitrogen and oxygen atoms in total. The van der Waals surface area contributed by atoms with Crippen molar-refractivity contribution in [3.05, 3.63) is 33.1 Å². The van der Waals surface area contributed by atoms with Gasteiger partial charge >= 0.3 is 11.7 Å². The lowest BCUT2D eigenvalue weighted by atomic mass is 10.1. The van der Waals surface area contributed by atoms with Crippen molar-refractivity contribution < 1.29 is 28.9 Å². The van der Waals surface area contributed by atoms with Gasteiger partial charge in [-0.15, -0.1) is 0 Å². The lowest BCUT2D eigenvalue weighted by molar-refractivity contribution is -0.218. The highest BCUT2D eigenvalue weighted by molar-refractivity contribution is 5.71. The topological polar surface area (TPSA) is 131 Å². The van der Waals surface area contributed by atoms with E-state index in [0.717, 1.165) is 16.8 Å². The first-order valence-corrected chi connectivity index (χ1v) is 6.86. The summed E-state index contributed by atoms with van der Waals surface area (Å²) in [6.45, 7) is 2.13. The standard InChI is InChI=1S/C13H17FN2O7/c1-6(2)11(20)22-5-13(14)9(19)8(18)10(23-13)16-4-3-7(17)15-12(16)21/h3-4,6,8-10,18-19H,5H2,1-2H3,(H,15,17,21)/t8?,9-,10?,13+/m0/s1. The van der Waals surface area contributed by atoms with Crippen LogP contribution in [0.4, 0.5) is 4.39 Å². The lowest BCUT2D eigenvalue weighted by Gasteiger charge is -2.23. The highest BCUT2D eigenvalue weighted by Crippen LogP contribution is 2.37. The van der Waals surface area contributed by atoms with Gasteiger partial charge in [0.1, 0.15) is 12.2 Å². The van der Waals surface area contributed by atoms with E-state index < -0.39 is 54.0 Å². The number of carbonyl (C=O) groups is 1. The number of H-pyrrole nitrogens is 1. The molecule has 10 heteroatoms. The maximum absolute atomic E-state index is 14.6. The van der Waals surface area contributed by atoms with Crippen LogP contribution in [0.5, 0.6) is 0 Å². The Kier molecular flexibility index (Phi) is 4.68. The van der Waals surface area contributed by atoms with Crippen LogP contribution < -0.4 is 11.2 Å². The Morgan fingerprint density at radius 1 is 1.52 bits per heavy atom. The van der Waals surface area contributed by atoms with E-state index in [4.69, 9.17) is 4.74 Å². The fourth-order valence-corrected chi connectivity index (χ4v) is 2.06. The van der Waals surface area contributed by atoms with E-state index in [1.807, 2.05) is 4.98 Å². The van der Waals surface area contributed by atoms with Crippen LogP contribution in [0.1, 0.15) is 20.1 Å². The number of nitrogens with one attached hydrogen (secondary N) is 1. The molecule has 1 aliphatic rings. The smallest absolute Gasteiger partial charge is 0.330 e. The van der Waals surface area contributed by atoms with E-state index in [-0.39, 0.29) is 0 Å². The van der Waals surface area contributed by atoms with Crippen LogP contribution in [0.3, 0.4) is 0 Å². The fourth-order valence-electron chi connectivity index (χ4n) is 2.06. The minimum atomic E-state index is -2.88. The lowest BCUT2D eigenvalue weighted by Crippen LogP contribution is -2.44. The summed E-state index contributed by atoms with van der Waals surface area (Å²) in [5.41, 5.74) is -1.63. The number of hydrogen-bond acceptors (Lipinski definition) is 7. The number of rotatable bonds is 4. The molecule has 1 aromatic rings. The number of carbonyl (C=O) groups excluding carboxylic acids is 1. The number of nitrogens with zero attached hydrogens (tertiary/aromatic N) is 1. The molecule has 0 aliphatic carbocycles. The van der Waals surface area contributed by atoms with Crippen molar-refractivity contribution >= 4 is 5.97 Å². The van der Waals surface area contributed by atoms with Gasteiger partial charge in [-0.25, -0.2) is 9.18 Å². The zero-order chi connectivity index (χ0) is 17.4. The third-order valence-corrected chi connectivity index (χ3v) is 3.38. The summed E-state index contributed by atoms with van der Waals surface area (Å²) in [5.74, 6) is -4.11. The largest absolute Gasteiger partial charge is 0.459 e. The molecular weight excluding hydrogens is 315 g/mol. The summed E-state index contributed by atoms with van der Waals surface area (Å²) < 4.78 is 24.9. The highest BCUT2D eigenvalue weighted by Gasteiger charge is 2.57. The van der Waals surface area contributed by atoms with Gasteiger partial charge in [0.25, 0.3) is 11.4 Å². The molecule has 1 aliphatic heterocycles. The minimum absolute atomic E-state index is 0.514. The molecule has 1 saturated heterocycles. The third-order valence-electron chi connectivity index (χ3n) is 3.38. The number of aromatic amines is 1. The first kappa shape index (κ1) is 17.3. The van der Waals surface area contributed by atoms with Gasteiger partial charge in [-0.05, 0) is 0 Å². The molecule has 3 N–H and O–H groups in total. The summed E-state index contributed by atoms with van der Waals surface area (Å²) in [5, 5.41) is 19.7. The maximum Gasteiger partial charge on any atom is 0.330 e. The van der Waals surface area contributed by atoms with Gasteiger partial charge in [-0.3, -0.25) is 19.1 Å². The van der Waals surface area contributed by atoms with Gasteiger partial charge in [-0.2, -0.15) is 0 Å². The van der Waals surface area contributed by atoms with Crippen molar-refractivity contribution in [2.45, 2.75) is 38.1 Å². The first-order valence-electron chi connectivity index (χ1n) is 6.86. The van der Waals surface area contributed by atoms with Gasteiger partial charge in [0.15, 0.2) is 12.8 Å². The Hall–Kier alpha value is -2.04. The SMILES string of the molecule is CC(C)C(=O)OC[C@@]1(F)OC(n2ccc(=O)[nH]c2=O)C(O)[C@@H]1O. The molecule has 0 aromatic carbocycles. The van der Waals surface area contributed by atoms with Crippen molar-refractivity contribution in [2.75, 3.05) is 6.61 Å². The van der Waals surface area contributed by atoms with Crippen molar-refractivity contribution in [1.82, 2.24) is 9.55 Å². The normalized spacial score (nSPS) is 30.6. The summed E-state index contributed by atoms with van der Waals surface area (Å²) in [4.78, 5) is 36.0. The van der Waals surface area contributed by atoms with Crippen molar-refractivity contribution in [1.29, 1.82) is 0 Å². The monoisotopic (exact) mass is 332 g/mol. The van der Waals surface area contributed by atoms with Crippen molar-refractivity contribution in [2.24, 2.45) is 5.92 Å². The Bertz CT molecular complexity index is 700. The quantitative estimate of drug-likeness (QED) is 0.581. The molecule has 0 saturated carbocycles. The van der Waals surface area contributed by atoms with Crippen LogP contribution in [0, 0.1) is 5.92 Å². The molecule has 2 rings (SSSR count). The van der Waals surface area contributed by atoms with Crippen molar-refractivity contribution in [3.8, 4) is 0 Å². The van der Waals surface area contributed by atoms with E-state index in [1.54, 1.807) is 0 Å². The van der Waals surface area contributed by atoms with E-state index >= 15 is 0 Å². The van der Waals surface area contributed by atoms with E-state index in [9.17, 15) is 29.0 Å². The number of aliphatic hydroxyl groups excluding tert-OH is 2. The Labute approximate surface area is 129 Å². The summed E-state index contributed by atoms with van der Waals surface area (Å²) >= 11 is 0. The molecule has 128 valence electrons. The van der Waals surface area contributed by atoms with Crippen LogP contribution >= 0.6 is 0 Å². The number of alkyl halides is 1. The van der Waals surface area contributed by atoms with Crippen LogP contribution in [0.2, 0.25) is 0 Å². The van der Waals surface area contributed by atoms with Gasteiger partial charge in [0.2, 0.25) is 0 Å². The maximum atomic E-state index is 14.6. The Balaban J connectivity index is 2.21. The molecule has 4 atom stereocenters. The number of hydrogen-bond donors (Lipinski definition) is 3. The van der Waals surface area contributed by atoms with Crippen LogP contribution in [0.25, 0.3) is 0 Å². The van der Waals surface area contributed by atoms with Gasteiger partial charge in [-0.1, -0.05) is 13.8 Å². The van der Waals surface area contributed by atoms with E-state index in [2.05, 4.69) is 4.74 Å². The van der Waals surface area contributed by atoms with Gasteiger partial charge in [0.05, 0.1) is 5.92 Å². The van der Waals surface area contributed by atoms with Gasteiger partial charge in [0, 0.05) is 12.3 Å². The average Bonchev–Trinajstić information content (AvgIpc) is 2.70. The molecule has 2 heterocycles. The second kappa shape index (κ2) is 6.22. The Morgan fingerprint density at radius 2 is 2.17 bits per heavy atom. The number of ether oxygens (including phenoxy) is 2. The predicted molar refractivity (Wildman–Crippen MR) is 73.1 cm³/mol. The van der Waals surface area contributed by atoms with E-state index in [0.29, 0.717) is 0 Å². The molecule has 0 spiro atoms.